The van der Waals surface area contributed by atoms with Crippen LogP contribution in [0.1, 0.15) is 271 Å². The third kappa shape index (κ3) is 55.7. The molecule has 0 aromatic heterocycles. The van der Waals surface area contributed by atoms with Gasteiger partial charge in [-0.25, -0.2) is 0 Å². The minimum absolute atomic E-state index is 0.00978. The van der Waals surface area contributed by atoms with E-state index in [0.717, 1.165) is 70.6 Å². The van der Waals surface area contributed by atoms with Gasteiger partial charge in [-0.3, -0.25) is 9.36 Å². The number of hydrogen-bond donors (Lipinski definition) is 2. The second-order valence-corrected chi connectivity index (χ2v) is 23.1. The Morgan fingerprint density at radius 1 is 0.500 bits per heavy atom. The molecule has 9 heteroatoms. The van der Waals surface area contributed by atoms with Gasteiger partial charge in [0.15, 0.2) is 0 Å². The Morgan fingerprint density at radius 2 is 0.861 bits per heavy atom. The average molecular weight is 1030 g/mol. The van der Waals surface area contributed by atoms with E-state index >= 15 is 0 Å². The molecule has 0 aliphatic heterocycles. The minimum atomic E-state index is -4.61. The monoisotopic (exact) mass is 1030 g/mol. The maximum Gasteiger partial charge on any atom is 0.268 e. The van der Waals surface area contributed by atoms with Crippen LogP contribution < -0.4 is 10.2 Å². The predicted molar refractivity (Wildman–Crippen MR) is 311 cm³/mol. The summed E-state index contributed by atoms with van der Waals surface area (Å²) in [4.78, 5) is 25.5. The number of nitrogens with zero attached hydrogens (tertiary/aromatic N) is 1. The maximum absolute atomic E-state index is 13.0. The second kappa shape index (κ2) is 53.8. The predicted octanol–water partition coefficient (Wildman–Crippen LogP) is 18.0. The van der Waals surface area contributed by atoms with Crippen LogP contribution in [0.3, 0.4) is 0 Å². The fourth-order valence-corrected chi connectivity index (χ4v) is 9.41. The van der Waals surface area contributed by atoms with E-state index < -0.39 is 26.6 Å². The lowest BCUT2D eigenvalue weighted by molar-refractivity contribution is -0.870. The van der Waals surface area contributed by atoms with E-state index in [2.05, 4.69) is 79.9 Å². The summed E-state index contributed by atoms with van der Waals surface area (Å²) in [6, 6.07) is -0.911. The van der Waals surface area contributed by atoms with Gasteiger partial charge in [0.2, 0.25) is 5.91 Å². The van der Waals surface area contributed by atoms with Gasteiger partial charge in [-0.2, -0.15) is 0 Å². The molecule has 420 valence electrons. The Hall–Kier alpha value is -2.06. The first kappa shape index (κ1) is 69.9. The van der Waals surface area contributed by atoms with Crippen molar-refractivity contribution in [2.24, 2.45) is 0 Å². The number of aliphatic hydroxyl groups is 1. The number of allylic oxidation sites excluding steroid dienone is 11. The molecule has 72 heavy (non-hydrogen) atoms. The highest BCUT2D eigenvalue weighted by atomic mass is 31.2. The Morgan fingerprint density at radius 3 is 1.29 bits per heavy atom. The van der Waals surface area contributed by atoms with Crippen molar-refractivity contribution in [3.8, 4) is 0 Å². The summed E-state index contributed by atoms with van der Waals surface area (Å²) in [5.41, 5.74) is 0. The molecule has 0 aliphatic carbocycles. The van der Waals surface area contributed by atoms with Crippen LogP contribution in [0.15, 0.2) is 72.9 Å². The summed E-state index contributed by atoms with van der Waals surface area (Å²) >= 11 is 0. The number of unbranched alkanes of at least 4 members (excludes halogenated alkanes) is 32. The van der Waals surface area contributed by atoms with Crippen molar-refractivity contribution in [1.82, 2.24) is 5.32 Å². The van der Waals surface area contributed by atoms with Gasteiger partial charge in [0.05, 0.1) is 39.9 Å². The standard InChI is InChI=1S/C63H117N2O6P/c1-6-8-10-12-14-16-18-20-22-24-26-28-30-31-32-33-35-36-38-40-42-44-46-48-50-52-54-56-62(66)61(60-71-72(68,69)70-59-58-65(3,4)5)64-63(67)57-55-53-51-49-47-45-43-41-39-37-34-29-27-25-23-21-19-17-15-13-11-9-7-2/h9,11,15,17,21,23,27,29,46,48,54,56,61-62,66H,6-8,10,12-14,16,18-20,22,24-26,28,30-45,47,49-53,55,57-60H2,1-5H3,(H-,64,67,68,69)/b11-9-,17-15-,23-21-,29-27-,48-46+,56-54+. The summed E-state index contributed by atoms with van der Waals surface area (Å²) in [6.45, 7) is 4.54. The van der Waals surface area contributed by atoms with E-state index in [1.165, 1.54) is 180 Å². The number of aliphatic hydroxyl groups excluding tert-OH is 1. The number of nitrogens with one attached hydrogen (secondary N) is 1. The SMILES string of the molecule is CC/C=C\C/C=C\C/C=C\C/C=C\CCCCCCCCCCCCC(=O)NC(COP(=O)([O-])OCC[N+](C)(C)C)C(O)/C=C/CC/C=C/CCCCCCCCCCCCCCCCCCCCCCC. The van der Waals surface area contributed by atoms with Gasteiger partial charge in [-0.1, -0.05) is 267 Å². The van der Waals surface area contributed by atoms with E-state index in [4.69, 9.17) is 9.05 Å². The second-order valence-electron chi connectivity index (χ2n) is 21.7. The molecule has 0 saturated heterocycles. The zero-order chi connectivity index (χ0) is 52.7. The Bertz CT molecular complexity index is 1400. The van der Waals surface area contributed by atoms with Crippen LogP contribution in [0.2, 0.25) is 0 Å². The molecule has 2 N–H and O–H groups in total. The molecule has 8 nitrogen and oxygen atoms in total. The summed E-state index contributed by atoms with van der Waals surface area (Å²) in [5.74, 6) is -0.212. The minimum Gasteiger partial charge on any atom is -0.756 e. The van der Waals surface area contributed by atoms with Crippen LogP contribution in [0.25, 0.3) is 0 Å². The Kier molecular flexibility index (Phi) is 52.2. The van der Waals surface area contributed by atoms with Crippen LogP contribution in [0.4, 0.5) is 0 Å². The van der Waals surface area contributed by atoms with Gasteiger partial charge in [-0.05, 0) is 70.6 Å². The van der Waals surface area contributed by atoms with E-state index in [0.29, 0.717) is 17.4 Å². The quantitative estimate of drug-likeness (QED) is 0.0272. The van der Waals surface area contributed by atoms with Crippen molar-refractivity contribution in [2.45, 2.75) is 283 Å². The molecule has 0 saturated carbocycles. The zero-order valence-electron chi connectivity index (χ0n) is 47.9. The van der Waals surface area contributed by atoms with Gasteiger partial charge in [0.1, 0.15) is 13.2 Å². The van der Waals surface area contributed by atoms with E-state index in [9.17, 15) is 19.4 Å². The van der Waals surface area contributed by atoms with Gasteiger partial charge < -0.3 is 28.8 Å². The van der Waals surface area contributed by atoms with E-state index in [-0.39, 0.29) is 12.5 Å². The molecule has 1 amide bonds. The number of amides is 1. The molecule has 0 spiro atoms. The summed E-state index contributed by atoms with van der Waals surface area (Å²) in [6.07, 6.45) is 74.2. The number of phosphoric acid groups is 1. The number of phosphoric ester groups is 1. The lowest BCUT2D eigenvalue weighted by Crippen LogP contribution is -2.45. The number of hydrogen-bond acceptors (Lipinski definition) is 6. The normalized spacial score (nSPS) is 14.4. The smallest absolute Gasteiger partial charge is 0.268 e. The Labute approximate surface area is 446 Å². The highest BCUT2D eigenvalue weighted by molar-refractivity contribution is 7.45. The first-order valence-corrected chi connectivity index (χ1v) is 31.8. The molecule has 0 heterocycles. The molecule has 0 bridgehead atoms. The topological polar surface area (TPSA) is 108 Å². The maximum atomic E-state index is 13.0. The van der Waals surface area contributed by atoms with Crippen molar-refractivity contribution in [2.75, 3.05) is 40.9 Å². The lowest BCUT2D eigenvalue weighted by atomic mass is 10.0. The molecule has 3 atom stereocenters. The van der Waals surface area contributed by atoms with Gasteiger partial charge >= 0.3 is 0 Å². The number of rotatable bonds is 55. The third-order valence-electron chi connectivity index (χ3n) is 13.4. The van der Waals surface area contributed by atoms with Crippen LogP contribution in [0, 0.1) is 0 Å². The summed E-state index contributed by atoms with van der Waals surface area (Å²) in [7, 11) is 1.24. The first-order chi connectivity index (χ1) is 35.0. The largest absolute Gasteiger partial charge is 0.756 e. The highest BCUT2D eigenvalue weighted by Crippen LogP contribution is 2.38. The number of quaternary nitrogens is 1. The first-order valence-electron chi connectivity index (χ1n) is 30.3. The van der Waals surface area contributed by atoms with Crippen LogP contribution in [-0.4, -0.2) is 68.5 Å². The molecule has 0 aromatic rings. The molecule has 3 unspecified atom stereocenters. The van der Waals surface area contributed by atoms with Gasteiger partial charge in [0, 0.05) is 6.42 Å². The van der Waals surface area contributed by atoms with Crippen molar-refractivity contribution in [3.05, 3.63) is 72.9 Å². The fourth-order valence-electron chi connectivity index (χ4n) is 8.69. The van der Waals surface area contributed by atoms with E-state index in [1.54, 1.807) is 6.08 Å². The molecule has 0 radical (unpaired) electrons. The number of likely N-dealkylation sites (N-methyl/N-ethyl adjacent to an activating group) is 1. The number of carbonyl (C=O) groups excluding carboxylic acids is 1. The third-order valence-corrected chi connectivity index (χ3v) is 14.4. The van der Waals surface area contributed by atoms with Crippen molar-refractivity contribution in [1.29, 1.82) is 0 Å². The molecular weight excluding hydrogens is 912 g/mol. The van der Waals surface area contributed by atoms with Crippen LogP contribution in [0.5, 0.6) is 0 Å². The van der Waals surface area contributed by atoms with Crippen molar-refractivity contribution >= 4 is 13.7 Å². The molecule has 0 fully saturated rings. The van der Waals surface area contributed by atoms with Crippen LogP contribution in [-0.2, 0) is 18.4 Å². The number of carbonyl (C=O) groups is 1. The fraction of sp³-hybridized carbons (Fsp3) is 0.794. The van der Waals surface area contributed by atoms with Crippen molar-refractivity contribution in [3.63, 3.8) is 0 Å². The molecular formula is C63H117N2O6P. The molecule has 0 rings (SSSR count). The van der Waals surface area contributed by atoms with Gasteiger partial charge in [0.25, 0.3) is 7.82 Å². The molecule has 0 aliphatic rings. The van der Waals surface area contributed by atoms with Gasteiger partial charge in [-0.15, -0.1) is 0 Å². The molecule has 0 aromatic carbocycles. The van der Waals surface area contributed by atoms with E-state index in [1.807, 2.05) is 27.2 Å². The van der Waals surface area contributed by atoms with Crippen LogP contribution >= 0.6 is 7.82 Å². The summed E-state index contributed by atoms with van der Waals surface area (Å²) in [5, 5.41) is 13.9. The lowest BCUT2D eigenvalue weighted by Gasteiger charge is -2.29. The van der Waals surface area contributed by atoms with Crippen molar-refractivity contribution < 1.29 is 32.9 Å². The summed E-state index contributed by atoms with van der Waals surface area (Å²) < 4.78 is 23.4. The Balaban J connectivity index is 4.23. The zero-order valence-corrected chi connectivity index (χ0v) is 48.8. The average Bonchev–Trinajstić information content (AvgIpc) is 3.34. The highest BCUT2D eigenvalue weighted by Gasteiger charge is 2.23.